The number of nitriles is 3. The molecule has 2 N–H and O–H groups in total. The Bertz CT molecular complexity index is 962. The second-order valence-electron chi connectivity index (χ2n) is 7.77. The molecule has 1 aromatic carbocycles. The summed E-state index contributed by atoms with van der Waals surface area (Å²) in [4.78, 5) is 1.31. The van der Waals surface area contributed by atoms with Crippen LogP contribution in [0.5, 0.6) is 0 Å². The Labute approximate surface area is 157 Å². The van der Waals surface area contributed by atoms with Crippen molar-refractivity contribution >= 4 is 5.71 Å². The summed E-state index contributed by atoms with van der Waals surface area (Å²) >= 11 is 0. The van der Waals surface area contributed by atoms with Crippen molar-refractivity contribution in [1.82, 2.24) is 0 Å². The third kappa shape index (κ3) is 2.19. The molecule has 1 saturated carbocycles. The molecule has 2 heterocycles. The minimum atomic E-state index is -1.77. The number of halogens is 1. The highest BCUT2D eigenvalue weighted by Gasteiger charge is 2.62. The molecular formula is C21H19FN5+. The van der Waals surface area contributed by atoms with Crippen LogP contribution in [0, 0.1) is 62.5 Å². The molecule has 0 radical (unpaired) electrons. The Morgan fingerprint density at radius 2 is 1.96 bits per heavy atom. The molecule has 1 saturated heterocycles. The van der Waals surface area contributed by atoms with Gasteiger partial charge in [-0.2, -0.15) is 15.8 Å². The zero-order valence-corrected chi connectivity index (χ0v) is 14.9. The van der Waals surface area contributed by atoms with Gasteiger partial charge < -0.3 is 10.3 Å². The number of nitrogens with one attached hydrogen (secondary N) is 2. The molecule has 4 rings (SSSR count). The van der Waals surface area contributed by atoms with E-state index in [2.05, 4.69) is 31.3 Å². The van der Waals surface area contributed by atoms with E-state index in [0.717, 1.165) is 18.4 Å². The van der Waals surface area contributed by atoms with Crippen LogP contribution >= 0.6 is 0 Å². The molecule has 0 amide bonds. The van der Waals surface area contributed by atoms with Crippen molar-refractivity contribution in [3.8, 4) is 18.2 Å². The van der Waals surface area contributed by atoms with Gasteiger partial charge in [-0.3, -0.25) is 0 Å². The highest BCUT2D eigenvalue weighted by atomic mass is 19.1. The average Bonchev–Trinajstić information content (AvgIpc) is 2.90. The first-order valence-electron chi connectivity index (χ1n) is 9.10. The fourth-order valence-corrected chi connectivity index (χ4v) is 5.47. The van der Waals surface area contributed by atoms with Gasteiger partial charge in [0.05, 0.1) is 37.0 Å². The van der Waals surface area contributed by atoms with Crippen LogP contribution in [0.25, 0.3) is 0 Å². The van der Waals surface area contributed by atoms with Crippen LogP contribution in [0.15, 0.2) is 35.9 Å². The van der Waals surface area contributed by atoms with Gasteiger partial charge in [0.1, 0.15) is 17.8 Å². The molecule has 27 heavy (non-hydrogen) atoms. The lowest BCUT2D eigenvalue weighted by molar-refractivity contribution is -0.916. The monoisotopic (exact) mass is 360 g/mol. The van der Waals surface area contributed by atoms with E-state index in [1.807, 2.05) is 0 Å². The van der Waals surface area contributed by atoms with Crippen molar-refractivity contribution in [2.24, 2.45) is 17.3 Å². The largest absolute Gasteiger partial charge is 0.329 e. The predicted molar refractivity (Wildman–Crippen MR) is 94.9 cm³/mol. The summed E-state index contributed by atoms with van der Waals surface area (Å²) in [5.41, 5.74) is -0.554. The Kier molecular flexibility index (Phi) is 3.88. The van der Waals surface area contributed by atoms with Gasteiger partial charge in [0.15, 0.2) is 5.41 Å². The quantitative estimate of drug-likeness (QED) is 0.746. The Hall–Kier alpha value is -3.01. The SMILES string of the molecule is C[NH+]1[C@H]2C=C3C(C#N)C(=N)C(C#N)(C#N)[C@@H](c4cccc(F)c4)[C@@H]3[C@@H]1CC2. The van der Waals surface area contributed by atoms with Gasteiger partial charge in [0.2, 0.25) is 0 Å². The number of nitrogens with zero attached hydrogens (tertiary/aromatic N) is 3. The number of benzene rings is 1. The summed E-state index contributed by atoms with van der Waals surface area (Å²) in [6.45, 7) is 0. The van der Waals surface area contributed by atoms with Gasteiger partial charge in [0.25, 0.3) is 0 Å². The first-order valence-corrected chi connectivity index (χ1v) is 9.10. The number of hydrogen-bond acceptors (Lipinski definition) is 4. The molecule has 3 aliphatic rings. The van der Waals surface area contributed by atoms with Crippen molar-refractivity contribution in [3.05, 3.63) is 47.3 Å². The molecule has 2 fully saturated rings. The maximum Gasteiger partial charge on any atom is 0.189 e. The first kappa shape index (κ1) is 17.4. The van der Waals surface area contributed by atoms with E-state index in [1.54, 1.807) is 12.1 Å². The van der Waals surface area contributed by atoms with E-state index in [4.69, 9.17) is 5.41 Å². The van der Waals surface area contributed by atoms with E-state index in [-0.39, 0.29) is 23.7 Å². The molecule has 2 bridgehead atoms. The van der Waals surface area contributed by atoms with E-state index in [9.17, 15) is 20.2 Å². The Balaban J connectivity index is 2.01. The fourth-order valence-electron chi connectivity index (χ4n) is 5.47. The molecule has 2 unspecified atom stereocenters. The van der Waals surface area contributed by atoms with Gasteiger partial charge in [0, 0.05) is 24.7 Å². The molecule has 5 nitrogen and oxygen atoms in total. The standard InChI is InChI=1S/C21H18FN5/c1-27-14-5-6-17(27)18-15(8-14)16(9-23)20(26)21(10-24,11-25)19(18)12-3-2-4-13(22)7-12/h2-4,7-8,14,16-19,26H,5-6H2,1H3/p+1/t14-,16?,17+,18+,19+/m1/s1. The zero-order valence-electron chi connectivity index (χ0n) is 14.9. The molecule has 6 atom stereocenters. The molecule has 134 valence electrons. The summed E-state index contributed by atoms with van der Waals surface area (Å²) in [7, 11) is 2.10. The minimum Gasteiger partial charge on any atom is -0.329 e. The number of fused-ring (bicyclic) bond motifs is 4. The van der Waals surface area contributed by atoms with Crippen LogP contribution in [0.4, 0.5) is 4.39 Å². The molecule has 1 aliphatic carbocycles. The number of quaternary nitrogens is 1. The summed E-state index contributed by atoms with van der Waals surface area (Å²) in [6.07, 6.45) is 3.98. The minimum absolute atomic E-state index is 0.147. The number of hydrogen-bond donors (Lipinski definition) is 2. The van der Waals surface area contributed by atoms with E-state index >= 15 is 0 Å². The second-order valence-corrected chi connectivity index (χ2v) is 7.77. The van der Waals surface area contributed by atoms with Crippen LogP contribution in [0.1, 0.15) is 24.3 Å². The van der Waals surface area contributed by atoms with E-state index in [0.29, 0.717) is 5.56 Å². The topological polar surface area (TPSA) is 99.7 Å². The highest BCUT2D eigenvalue weighted by Crippen LogP contribution is 2.55. The summed E-state index contributed by atoms with van der Waals surface area (Å²) in [6, 6.07) is 12.7. The Morgan fingerprint density at radius 1 is 1.22 bits per heavy atom. The maximum absolute atomic E-state index is 14.0. The van der Waals surface area contributed by atoms with Gasteiger partial charge in [-0.05, 0) is 29.3 Å². The summed E-state index contributed by atoms with van der Waals surface area (Å²) in [5, 5.41) is 38.4. The van der Waals surface area contributed by atoms with Crippen LogP contribution in [0.3, 0.4) is 0 Å². The predicted octanol–water partition coefficient (Wildman–Crippen LogP) is 1.72. The lowest BCUT2D eigenvalue weighted by atomic mass is 9.53. The van der Waals surface area contributed by atoms with E-state index < -0.39 is 23.1 Å². The zero-order chi connectivity index (χ0) is 19.3. The molecular weight excluding hydrogens is 341 g/mol. The first-order chi connectivity index (χ1) is 13.0. The lowest BCUT2D eigenvalue weighted by Crippen LogP contribution is -3.15. The third-order valence-corrected chi connectivity index (χ3v) is 6.73. The number of rotatable bonds is 1. The third-order valence-electron chi connectivity index (χ3n) is 6.73. The highest BCUT2D eigenvalue weighted by molar-refractivity contribution is 6.00. The summed E-state index contributed by atoms with van der Waals surface area (Å²) < 4.78 is 14.0. The molecule has 0 spiro atoms. The van der Waals surface area contributed by atoms with Crippen molar-refractivity contribution in [1.29, 1.82) is 21.2 Å². The maximum atomic E-state index is 14.0. The average molecular weight is 360 g/mol. The second kappa shape index (κ2) is 6.02. The molecule has 6 heteroatoms. The Morgan fingerprint density at radius 3 is 2.59 bits per heavy atom. The van der Waals surface area contributed by atoms with Gasteiger partial charge in [-0.25, -0.2) is 4.39 Å². The van der Waals surface area contributed by atoms with Gasteiger partial charge in [-0.1, -0.05) is 12.1 Å². The normalized spacial score (nSPS) is 36.0. The van der Waals surface area contributed by atoms with Crippen molar-refractivity contribution in [2.45, 2.75) is 30.8 Å². The molecule has 1 aromatic rings. The van der Waals surface area contributed by atoms with Crippen LogP contribution in [-0.2, 0) is 0 Å². The van der Waals surface area contributed by atoms with Crippen LogP contribution in [0.2, 0.25) is 0 Å². The van der Waals surface area contributed by atoms with Gasteiger partial charge in [-0.15, -0.1) is 0 Å². The van der Waals surface area contributed by atoms with Crippen molar-refractivity contribution in [2.75, 3.05) is 7.05 Å². The smallest absolute Gasteiger partial charge is 0.189 e. The fraction of sp³-hybridized carbons (Fsp3) is 0.429. The number of likely N-dealkylation sites (N-methyl/N-ethyl adjacent to an activating group) is 1. The van der Waals surface area contributed by atoms with Crippen molar-refractivity contribution in [3.63, 3.8) is 0 Å². The van der Waals surface area contributed by atoms with Crippen LogP contribution < -0.4 is 4.90 Å². The summed E-state index contributed by atoms with van der Waals surface area (Å²) in [5.74, 6) is -2.19. The van der Waals surface area contributed by atoms with Crippen LogP contribution in [-0.4, -0.2) is 24.8 Å². The molecule has 0 aromatic heterocycles. The molecule has 2 aliphatic heterocycles. The van der Waals surface area contributed by atoms with Crippen molar-refractivity contribution < 1.29 is 9.29 Å². The van der Waals surface area contributed by atoms with Gasteiger partial charge >= 0.3 is 0 Å². The van der Waals surface area contributed by atoms with E-state index in [1.165, 1.54) is 17.0 Å². The lowest BCUT2D eigenvalue weighted by Gasteiger charge is -2.48.